The van der Waals surface area contributed by atoms with Gasteiger partial charge in [-0.2, -0.15) is 0 Å². The summed E-state index contributed by atoms with van der Waals surface area (Å²) in [5.41, 5.74) is 2.23. The maximum atomic E-state index is 11.2. The first-order valence-electron chi connectivity index (χ1n) is 7.29. The van der Waals surface area contributed by atoms with Crippen molar-refractivity contribution in [1.82, 2.24) is 0 Å². The van der Waals surface area contributed by atoms with Crippen molar-refractivity contribution in [2.24, 2.45) is 0 Å². The number of benzene rings is 2. The van der Waals surface area contributed by atoms with E-state index in [2.05, 4.69) is 9.19 Å². The first-order valence-corrected chi connectivity index (χ1v) is 11.7. The molecular weight excluding hydrogens is 425 g/mol. The molecule has 0 bridgehead atoms. The first kappa shape index (κ1) is 22.3. The van der Waals surface area contributed by atoms with Gasteiger partial charge >= 0.3 is 88.4 Å². The molecule has 0 aliphatic carbocycles. The summed E-state index contributed by atoms with van der Waals surface area (Å²) in [5, 5.41) is 10.7. The summed E-state index contributed by atoms with van der Waals surface area (Å²) in [7, 11) is 0. The average molecular weight is 445 g/mol. The predicted molar refractivity (Wildman–Crippen MR) is 97.7 cm³/mol. The van der Waals surface area contributed by atoms with Crippen LogP contribution in [0.3, 0.4) is 0 Å². The third-order valence-electron chi connectivity index (χ3n) is 3.21. The van der Waals surface area contributed by atoms with Crippen molar-refractivity contribution in [2.75, 3.05) is 5.32 Å². The molecule has 10 heteroatoms. The molecule has 0 aromatic heterocycles. The van der Waals surface area contributed by atoms with Crippen LogP contribution in [0.5, 0.6) is 0 Å². The third kappa shape index (κ3) is 6.53. The van der Waals surface area contributed by atoms with E-state index >= 15 is 0 Å². The second kappa shape index (κ2) is 9.82. The largest absolute Gasteiger partial charge is 0.302 e. The zero-order valence-electron chi connectivity index (χ0n) is 14.4. The summed E-state index contributed by atoms with van der Waals surface area (Å²) in [6, 6.07) is 11.0. The van der Waals surface area contributed by atoms with Crippen LogP contribution in [0.25, 0.3) is 0 Å². The second-order valence-electron chi connectivity index (χ2n) is 5.30. The maximum Gasteiger partial charge on any atom is 0.187 e. The number of amides is 1. The molecule has 2 unspecified atom stereocenters. The molecule has 8 nitrogen and oxygen atoms in total. The fourth-order valence-electron chi connectivity index (χ4n) is 2.06. The van der Waals surface area contributed by atoms with E-state index in [-0.39, 0.29) is 10.3 Å². The van der Waals surface area contributed by atoms with Gasteiger partial charge in [-0.15, -0.1) is 0 Å². The molecule has 2 aromatic carbocycles. The molecule has 1 amide bonds. The van der Waals surface area contributed by atoms with Gasteiger partial charge in [-0.05, 0) is 25.0 Å². The Morgan fingerprint density at radius 2 is 1.62 bits per heavy atom. The summed E-state index contributed by atoms with van der Waals surface area (Å²) in [6.45, 7) is 5.01. The molecule has 142 valence electrons. The van der Waals surface area contributed by atoms with Crippen molar-refractivity contribution < 1.29 is 30.5 Å². The number of hydrogen-bond donors (Lipinski definition) is 4. The number of aryl methyl sites for hydroxylation is 2. The van der Waals surface area contributed by atoms with Crippen molar-refractivity contribution in [2.45, 2.75) is 25.7 Å². The number of carbonyl (C=O) groups excluding carboxylic acids is 1. The summed E-state index contributed by atoms with van der Waals surface area (Å²) < 4.78 is 43.4. The van der Waals surface area contributed by atoms with Gasteiger partial charge < -0.3 is 4.55 Å². The SMILES string of the molecule is CC(=O)Nc1ccc([As](=O)(O)OO)cc1.Cc1cccc(C)c1S(=O)O. The number of nitrogens with one attached hydrogen (secondary N) is 1. The number of carbonyl (C=O) groups is 1. The van der Waals surface area contributed by atoms with E-state index in [9.17, 15) is 12.7 Å². The standard InChI is InChI=1S/C8H10AsNO5.C8H10O2S/c1-6(11)10-8-4-2-7(3-5-8)9(12,13)15-14;1-6-4-3-5-7(2)8(6)11(9)10/h2-5,14H,1H3,(H,10,11)(H,12,13);3-5H,1-2H3,(H,9,10). The molecule has 0 radical (unpaired) electrons. The Hall–Kier alpha value is -1.74. The average Bonchev–Trinajstić information content (AvgIpc) is 2.55. The molecule has 26 heavy (non-hydrogen) atoms. The third-order valence-corrected chi connectivity index (χ3v) is 6.66. The molecule has 2 aromatic rings. The van der Waals surface area contributed by atoms with E-state index in [1.165, 1.54) is 31.2 Å². The minimum atomic E-state index is -4.76. The van der Waals surface area contributed by atoms with Crippen molar-refractivity contribution in [1.29, 1.82) is 0 Å². The predicted octanol–water partition coefficient (Wildman–Crippen LogP) is 1.59. The first-order chi connectivity index (χ1) is 12.1. The van der Waals surface area contributed by atoms with Crippen LogP contribution in [0, 0.1) is 13.8 Å². The molecule has 0 saturated carbocycles. The van der Waals surface area contributed by atoms with Gasteiger partial charge in [-0.1, -0.05) is 18.2 Å². The molecule has 4 N–H and O–H groups in total. The summed E-state index contributed by atoms with van der Waals surface area (Å²) >= 11 is -6.62. The van der Waals surface area contributed by atoms with E-state index in [4.69, 9.17) is 13.9 Å². The molecule has 2 rings (SSSR count). The van der Waals surface area contributed by atoms with Gasteiger partial charge in [0, 0.05) is 0 Å². The Morgan fingerprint density at radius 3 is 1.96 bits per heavy atom. The van der Waals surface area contributed by atoms with Gasteiger partial charge in [0.05, 0.1) is 4.90 Å². The van der Waals surface area contributed by atoms with Crippen LogP contribution in [0.15, 0.2) is 47.4 Å². The van der Waals surface area contributed by atoms with Gasteiger partial charge in [0.2, 0.25) is 0 Å². The number of rotatable bonds is 4. The van der Waals surface area contributed by atoms with Crippen LogP contribution in [0.2, 0.25) is 0 Å². The van der Waals surface area contributed by atoms with Crippen LogP contribution in [0.4, 0.5) is 5.69 Å². The maximum absolute atomic E-state index is 11.2. The zero-order valence-corrected chi connectivity index (χ0v) is 17.1. The van der Waals surface area contributed by atoms with Gasteiger partial charge in [0.15, 0.2) is 11.1 Å². The summed E-state index contributed by atoms with van der Waals surface area (Å²) in [4.78, 5) is 11.2. The Morgan fingerprint density at radius 1 is 1.12 bits per heavy atom. The van der Waals surface area contributed by atoms with Crippen LogP contribution >= 0.6 is 0 Å². The summed E-state index contributed by atoms with van der Waals surface area (Å²) in [6.07, 6.45) is 0. The topological polar surface area (TPSA) is 133 Å². The van der Waals surface area contributed by atoms with Crippen LogP contribution in [0.1, 0.15) is 18.1 Å². The monoisotopic (exact) mass is 445 g/mol. The molecule has 0 heterocycles. The molecule has 0 aliphatic heterocycles. The quantitative estimate of drug-likeness (QED) is 0.243. The number of anilines is 1. The van der Waals surface area contributed by atoms with Crippen molar-refractivity contribution in [3.05, 3.63) is 53.6 Å². The van der Waals surface area contributed by atoms with Crippen LogP contribution in [-0.2, 0) is 23.5 Å². The minimum absolute atomic E-state index is 0.00438. The van der Waals surface area contributed by atoms with Crippen LogP contribution in [-0.4, -0.2) is 38.2 Å². The van der Waals surface area contributed by atoms with E-state index in [1.807, 2.05) is 32.0 Å². The Labute approximate surface area is 156 Å². The summed E-state index contributed by atoms with van der Waals surface area (Å²) in [5.74, 6) is -0.237. The molecule has 0 fully saturated rings. The smallest absolute Gasteiger partial charge is 0.187 e. The van der Waals surface area contributed by atoms with Crippen molar-refractivity contribution >= 4 is 41.2 Å². The van der Waals surface area contributed by atoms with E-state index < -0.39 is 25.3 Å². The Balaban J connectivity index is 0.000000273. The fourth-order valence-corrected chi connectivity index (χ4v) is 4.05. The van der Waals surface area contributed by atoms with E-state index in [0.29, 0.717) is 10.6 Å². The van der Waals surface area contributed by atoms with Crippen molar-refractivity contribution in [3.63, 3.8) is 0 Å². The fraction of sp³-hybridized carbons (Fsp3) is 0.188. The van der Waals surface area contributed by atoms with Crippen LogP contribution < -0.4 is 9.67 Å². The van der Waals surface area contributed by atoms with Gasteiger partial charge in [0.25, 0.3) is 0 Å². The molecule has 0 spiro atoms. The van der Waals surface area contributed by atoms with Gasteiger partial charge in [-0.3, -0.25) is 0 Å². The molecule has 0 saturated heterocycles. The Kier molecular flexibility index (Phi) is 8.42. The Bertz CT molecular complexity index is 819. The van der Waals surface area contributed by atoms with E-state index in [0.717, 1.165) is 11.1 Å². The second-order valence-corrected chi connectivity index (χ2v) is 9.82. The van der Waals surface area contributed by atoms with Gasteiger partial charge in [0.1, 0.15) is 0 Å². The normalized spacial score (nSPS) is 13.8. The van der Waals surface area contributed by atoms with E-state index in [1.54, 1.807) is 0 Å². The number of hydrogen-bond acceptors (Lipinski definition) is 5. The van der Waals surface area contributed by atoms with Gasteiger partial charge in [-0.25, -0.2) is 4.21 Å². The molecular formula is C16H20AsNO7S. The molecule has 2 atom stereocenters. The van der Waals surface area contributed by atoms with Crippen molar-refractivity contribution in [3.8, 4) is 0 Å². The molecule has 0 aliphatic rings. The zero-order chi connectivity index (χ0) is 19.9. The minimum Gasteiger partial charge on any atom is -0.302 e.